The van der Waals surface area contributed by atoms with Crippen LogP contribution in [0.15, 0.2) is 12.1 Å². The monoisotopic (exact) mass is 238 g/mol. The molecule has 0 saturated carbocycles. The Morgan fingerprint density at radius 1 is 1.47 bits per heavy atom. The summed E-state index contributed by atoms with van der Waals surface area (Å²) in [4.78, 5) is 15.2. The minimum atomic E-state index is -1.01. The number of carbonyl (C=O) groups is 1. The number of nitrogens with zero attached hydrogens (tertiary/aromatic N) is 1. The minimum absolute atomic E-state index is 0.0268. The Balaban J connectivity index is 2.96. The molecule has 3 N–H and O–H groups in total. The van der Waals surface area contributed by atoms with Crippen LogP contribution in [0.25, 0.3) is 0 Å². The Hall–Kier alpha value is -1.62. The van der Waals surface area contributed by atoms with Crippen molar-refractivity contribution in [2.45, 2.75) is 26.8 Å². The average molecular weight is 238 g/mol. The first-order valence-corrected chi connectivity index (χ1v) is 5.54. The number of anilines is 1. The number of aliphatic hydroxyl groups is 1. The molecule has 94 valence electrons. The van der Waals surface area contributed by atoms with E-state index in [1.165, 1.54) is 6.07 Å². The average Bonchev–Trinajstić information content (AvgIpc) is 2.27. The van der Waals surface area contributed by atoms with E-state index >= 15 is 0 Å². The highest BCUT2D eigenvalue weighted by atomic mass is 16.4. The van der Waals surface area contributed by atoms with Gasteiger partial charge < -0.3 is 15.5 Å². The van der Waals surface area contributed by atoms with E-state index < -0.39 is 5.97 Å². The van der Waals surface area contributed by atoms with Gasteiger partial charge in [0.1, 0.15) is 11.4 Å². The maximum absolute atomic E-state index is 11.0. The molecule has 0 aromatic carbocycles. The molecule has 17 heavy (non-hydrogen) atoms. The SMILES string of the molecule is Cc1ccc(C(=O)O)c(NC(C)C(C)CO)n1. The summed E-state index contributed by atoms with van der Waals surface area (Å²) in [6.45, 7) is 5.61. The number of nitrogens with one attached hydrogen (secondary N) is 1. The molecule has 0 aliphatic rings. The van der Waals surface area contributed by atoms with Crippen LogP contribution in [0.4, 0.5) is 5.82 Å². The van der Waals surface area contributed by atoms with E-state index in [1.54, 1.807) is 13.0 Å². The summed E-state index contributed by atoms with van der Waals surface area (Å²) in [7, 11) is 0. The van der Waals surface area contributed by atoms with Gasteiger partial charge >= 0.3 is 5.97 Å². The van der Waals surface area contributed by atoms with Crippen LogP contribution >= 0.6 is 0 Å². The molecule has 0 spiro atoms. The molecule has 0 amide bonds. The first-order valence-electron chi connectivity index (χ1n) is 5.54. The van der Waals surface area contributed by atoms with Gasteiger partial charge in [0.05, 0.1) is 0 Å². The highest BCUT2D eigenvalue weighted by Crippen LogP contribution is 2.16. The van der Waals surface area contributed by atoms with Gasteiger partial charge in [-0.1, -0.05) is 6.92 Å². The fourth-order valence-electron chi connectivity index (χ4n) is 1.36. The van der Waals surface area contributed by atoms with Crippen LogP contribution in [0.5, 0.6) is 0 Å². The van der Waals surface area contributed by atoms with Crippen LogP contribution in [0.3, 0.4) is 0 Å². The largest absolute Gasteiger partial charge is 0.478 e. The van der Waals surface area contributed by atoms with Crippen molar-refractivity contribution in [1.82, 2.24) is 4.98 Å². The standard InChI is InChI=1S/C12H18N2O3/c1-7(6-15)9(3)14-11-10(12(16)17)5-4-8(2)13-11/h4-5,7,9,15H,6H2,1-3H3,(H,13,14)(H,16,17). The molecule has 5 nitrogen and oxygen atoms in total. The van der Waals surface area contributed by atoms with Crippen molar-refractivity contribution in [2.24, 2.45) is 5.92 Å². The maximum Gasteiger partial charge on any atom is 0.339 e. The summed E-state index contributed by atoms with van der Waals surface area (Å²) < 4.78 is 0. The van der Waals surface area contributed by atoms with Crippen molar-refractivity contribution in [3.8, 4) is 0 Å². The molecule has 1 rings (SSSR count). The maximum atomic E-state index is 11.0. The van der Waals surface area contributed by atoms with Crippen molar-refractivity contribution >= 4 is 11.8 Å². The van der Waals surface area contributed by atoms with Gasteiger partial charge in [-0.15, -0.1) is 0 Å². The predicted molar refractivity (Wildman–Crippen MR) is 65.3 cm³/mol. The van der Waals surface area contributed by atoms with Gasteiger partial charge in [0.25, 0.3) is 0 Å². The summed E-state index contributed by atoms with van der Waals surface area (Å²) in [6.07, 6.45) is 0. The van der Waals surface area contributed by atoms with Crippen LogP contribution in [0, 0.1) is 12.8 Å². The van der Waals surface area contributed by atoms with Gasteiger partial charge in [-0.3, -0.25) is 0 Å². The van der Waals surface area contributed by atoms with E-state index in [4.69, 9.17) is 10.2 Å². The quantitative estimate of drug-likeness (QED) is 0.724. The van der Waals surface area contributed by atoms with Crippen LogP contribution in [-0.2, 0) is 0 Å². The molecule has 2 atom stereocenters. The number of aromatic nitrogens is 1. The van der Waals surface area contributed by atoms with Gasteiger partial charge in [-0.05, 0) is 31.9 Å². The summed E-state index contributed by atoms with van der Waals surface area (Å²) in [5, 5.41) is 21.1. The number of rotatable bonds is 5. The number of aliphatic hydroxyl groups excluding tert-OH is 1. The lowest BCUT2D eigenvalue weighted by atomic mass is 10.0. The van der Waals surface area contributed by atoms with E-state index in [2.05, 4.69) is 10.3 Å². The van der Waals surface area contributed by atoms with E-state index in [-0.39, 0.29) is 24.1 Å². The highest BCUT2D eigenvalue weighted by Gasteiger charge is 2.16. The van der Waals surface area contributed by atoms with E-state index in [9.17, 15) is 4.79 Å². The summed E-state index contributed by atoms with van der Waals surface area (Å²) in [5.41, 5.74) is 0.897. The number of carboxylic acids is 1. The Bertz CT molecular complexity index is 407. The van der Waals surface area contributed by atoms with Crippen LogP contribution in [0.1, 0.15) is 29.9 Å². The van der Waals surface area contributed by atoms with Crippen molar-refractivity contribution in [3.63, 3.8) is 0 Å². The minimum Gasteiger partial charge on any atom is -0.478 e. The first kappa shape index (κ1) is 13.4. The Morgan fingerprint density at radius 3 is 2.65 bits per heavy atom. The summed E-state index contributed by atoms with van der Waals surface area (Å²) in [6, 6.07) is 3.14. The zero-order valence-electron chi connectivity index (χ0n) is 10.3. The third kappa shape index (κ3) is 3.42. The van der Waals surface area contributed by atoms with Crippen molar-refractivity contribution in [1.29, 1.82) is 0 Å². The Morgan fingerprint density at radius 2 is 2.12 bits per heavy atom. The molecule has 0 fully saturated rings. The Labute approximate surface area is 101 Å². The van der Waals surface area contributed by atoms with E-state index in [1.807, 2.05) is 13.8 Å². The van der Waals surface area contributed by atoms with Crippen molar-refractivity contribution in [2.75, 3.05) is 11.9 Å². The summed E-state index contributed by atoms with van der Waals surface area (Å²) >= 11 is 0. The van der Waals surface area contributed by atoms with Crippen molar-refractivity contribution < 1.29 is 15.0 Å². The van der Waals surface area contributed by atoms with Gasteiger partial charge in [0, 0.05) is 18.3 Å². The van der Waals surface area contributed by atoms with Crippen molar-refractivity contribution in [3.05, 3.63) is 23.4 Å². The predicted octanol–water partition coefficient (Wildman–Crippen LogP) is 1.52. The fraction of sp³-hybridized carbons (Fsp3) is 0.500. The van der Waals surface area contributed by atoms with Crippen LogP contribution in [-0.4, -0.2) is 33.8 Å². The second kappa shape index (κ2) is 5.63. The second-order valence-electron chi connectivity index (χ2n) is 4.25. The lowest BCUT2D eigenvalue weighted by Crippen LogP contribution is -2.27. The smallest absolute Gasteiger partial charge is 0.339 e. The van der Waals surface area contributed by atoms with E-state index in [0.29, 0.717) is 5.82 Å². The lowest BCUT2D eigenvalue weighted by Gasteiger charge is -2.21. The lowest BCUT2D eigenvalue weighted by molar-refractivity contribution is 0.0697. The molecule has 1 heterocycles. The number of pyridine rings is 1. The number of hydrogen-bond donors (Lipinski definition) is 3. The topological polar surface area (TPSA) is 82.5 Å². The molecule has 0 radical (unpaired) electrons. The third-order valence-corrected chi connectivity index (χ3v) is 2.77. The molecule has 5 heteroatoms. The number of hydrogen-bond acceptors (Lipinski definition) is 4. The van der Waals surface area contributed by atoms with Crippen LogP contribution in [0.2, 0.25) is 0 Å². The molecule has 0 aliphatic carbocycles. The summed E-state index contributed by atoms with van der Waals surface area (Å²) in [5.74, 6) is -0.631. The molecule has 0 bridgehead atoms. The number of aromatic carboxylic acids is 1. The molecule has 2 unspecified atom stereocenters. The van der Waals surface area contributed by atoms with Gasteiger partial charge in [-0.25, -0.2) is 9.78 Å². The van der Waals surface area contributed by atoms with Crippen LogP contribution < -0.4 is 5.32 Å². The normalized spacial score (nSPS) is 14.1. The zero-order chi connectivity index (χ0) is 13.0. The van der Waals surface area contributed by atoms with Gasteiger partial charge in [0.2, 0.25) is 0 Å². The fourth-order valence-corrected chi connectivity index (χ4v) is 1.36. The third-order valence-electron chi connectivity index (χ3n) is 2.77. The van der Waals surface area contributed by atoms with Gasteiger partial charge in [0.15, 0.2) is 0 Å². The number of aryl methyl sites for hydroxylation is 1. The second-order valence-corrected chi connectivity index (χ2v) is 4.25. The molecule has 1 aromatic heterocycles. The molecule has 1 aromatic rings. The molecular weight excluding hydrogens is 220 g/mol. The zero-order valence-corrected chi connectivity index (χ0v) is 10.3. The highest BCUT2D eigenvalue weighted by molar-refractivity contribution is 5.93. The van der Waals surface area contributed by atoms with E-state index in [0.717, 1.165) is 5.69 Å². The van der Waals surface area contributed by atoms with Gasteiger partial charge in [-0.2, -0.15) is 0 Å². The molecule has 0 saturated heterocycles. The Kier molecular flexibility index (Phi) is 4.45. The first-order chi connectivity index (χ1) is 7.95. The molecular formula is C12H18N2O3. The number of carboxylic acid groups (broad SMARTS) is 1. The molecule has 0 aliphatic heterocycles.